The van der Waals surface area contributed by atoms with Crippen molar-refractivity contribution in [3.8, 4) is 5.75 Å². The van der Waals surface area contributed by atoms with Crippen molar-refractivity contribution < 1.29 is 13.9 Å². The van der Waals surface area contributed by atoms with Crippen molar-refractivity contribution in [1.29, 1.82) is 0 Å². The van der Waals surface area contributed by atoms with Crippen LogP contribution in [0, 0.1) is 5.82 Å². The first-order valence-electron chi connectivity index (χ1n) is 9.61. The fourth-order valence-corrected chi connectivity index (χ4v) is 3.14. The van der Waals surface area contributed by atoms with Crippen LogP contribution in [0.15, 0.2) is 85.2 Å². The molecule has 0 aliphatic rings. The maximum atomic E-state index is 13.8. The predicted molar refractivity (Wildman–Crippen MR) is 118 cm³/mol. The molecule has 0 fully saturated rings. The van der Waals surface area contributed by atoms with E-state index in [9.17, 15) is 9.18 Å². The van der Waals surface area contributed by atoms with Gasteiger partial charge < -0.3 is 10.1 Å². The van der Waals surface area contributed by atoms with Crippen LogP contribution in [0.4, 0.5) is 10.1 Å². The Morgan fingerprint density at radius 1 is 1.06 bits per heavy atom. The van der Waals surface area contributed by atoms with Crippen LogP contribution in [-0.2, 0) is 13.2 Å². The Balaban J connectivity index is 1.37. The minimum atomic E-state index is -0.291. The number of hydrogen-bond acceptors (Lipinski definition) is 3. The van der Waals surface area contributed by atoms with Gasteiger partial charge in [0.05, 0.1) is 18.4 Å². The Morgan fingerprint density at radius 2 is 1.87 bits per heavy atom. The molecule has 5 nitrogen and oxygen atoms in total. The van der Waals surface area contributed by atoms with E-state index in [2.05, 4.69) is 10.4 Å². The molecule has 1 amide bonds. The summed E-state index contributed by atoms with van der Waals surface area (Å²) in [4.78, 5) is 12.6. The molecule has 4 aromatic rings. The Hall–Kier alpha value is -3.64. The van der Waals surface area contributed by atoms with E-state index in [1.807, 2.05) is 6.07 Å². The standard InChI is InChI=1S/C24H19ClFN3O2/c25-20-8-10-22(11-9-20)31-16-17-4-3-6-18(12-17)24(30)28-21-13-27-29(15-21)14-19-5-1-2-7-23(19)26/h1-13,15H,14,16H2,(H,28,30). The number of carbonyl (C=O) groups excluding carboxylic acids is 1. The summed E-state index contributed by atoms with van der Waals surface area (Å²) >= 11 is 5.88. The molecular weight excluding hydrogens is 417 g/mol. The summed E-state index contributed by atoms with van der Waals surface area (Å²) in [6.45, 7) is 0.601. The van der Waals surface area contributed by atoms with Gasteiger partial charge in [0, 0.05) is 22.3 Å². The maximum absolute atomic E-state index is 13.8. The SMILES string of the molecule is O=C(Nc1cnn(Cc2ccccc2F)c1)c1cccc(COc2ccc(Cl)cc2)c1. The minimum Gasteiger partial charge on any atom is -0.489 e. The molecule has 0 radical (unpaired) electrons. The van der Waals surface area contributed by atoms with Crippen LogP contribution >= 0.6 is 11.6 Å². The topological polar surface area (TPSA) is 56.2 Å². The highest BCUT2D eigenvalue weighted by molar-refractivity contribution is 6.30. The number of rotatable bonds is 7. The van der Waals surface area contributed by atoms with E-state index in [1.165, 1.54) is 12.3 Å². The number of nitrogens with one attached hydrogen (secondary N) is 1. The number of carbonyl (C=O) groups is 1. The van der Waals surface area contributed by atoms with Crippen LogP contribution < -0.4 is 10.1 Å². The van der Waals surface area contributed by atoms with Gasteiger partial charge in [0.15, 0.2) is 0 Å². The Kier molecular flexibility index (Phi) is 6.29. The van der Waals surface area contributed by atoms with E-state index in [-0.39, 0.29) is 18.3 Å². The minimum absolute atomic E-state index is 0.265. The molecule has 0 saturated carbocycles. The molecule has 0 saturated heterocycles. The van der Waals surface area contributed by atoms with Crippen LogP contribution in [0.25, 0.3) is 0 Å². The second-order valence-corrected chi connectivity index (χ2v) is 7.35. The van der Waals surface area contributed by atoms with E-state index in [4.69, 9.17) is 16.3 Å². The van der Waals surface area contributed by atoms with Crippen molar-refractivity contribution in [3.63, 3.8) is 0 Å². The fraction of sp³-hybridized carbons (Fsp3) is 0.0833. The highest BCUT2D eigenvalue weighted by atomic mass is 35.5. The zero-order valence-electron chi connectivity index (χ0n) is 16.5. The first kappa shape index (κ1) is 20.6. The second-order valence-electron chi connectivity index (χ2n) is 6.92. The predicted octanol–water partition coefficient (Wildman–Crippen LogP) is 5.56. The molecule has 31 heavy (non-hydrogen) atoms. The number of nitrogens with zero attached hydrogens (tertiary/aromatic N) is 2. The zero-order chi connectivity index (χ0) is 21.6. The molecule has 156 valence electrons. The third kappa shape index (κ3) is 5.49. The molecule has 0 spiro atoms. The monoisotopic (exact) mass is 435 g/mol. The van der Waals surface area contributed by atoms with Crippen LogP contribution in [0.3, 0.4) is 0 Å². The Morgan fingerprint density at radius 3 is 2.68 bits per heavy atom. The molecular formula is C24H19ClFN3O2. The Bertz CT molecular complexity index is 1190. The number of ether oxygens (including phenoxy) is 1. The zero-order valence-corrected chi connectivity index (χ0v) is 17.2. The molecule has 7 heteroatoms. The van der Waals surface area contributed by atoms with Gasteiger partial charge in [0.25, 0.3) is 5.91 Å². The smallest absolute Gasteiger partial charge is 0.255 e. The molecule has 0 bridgehead atoms. The number of anilines is 1. The number of halogens is 2. The first-order chi connectivity index (χ1) is 15.1. The average Bonchev–Trinajstić information content (AvgIpc) is 3.22. The molecule has 0 unspecified atom stereocenters. The molecule has 0 atom stereocenters. The summed E-state index contributed by atoms with van der Waals surface area (Å²) in [6, 6.07) is 20.8. The molecule has 4 rings (SSSR count). The van der Waals surface area contributed by atoms with Gasteiger partial charge in [0.1, 0.15) is 18.2 Å². The molecule has 1 heterocycles. The number of amides is 1. The van der Waals surface area contributed by atoms with Crippen LogP contribution in [0.2, 0.25) is 5.02 Å². The first-order valence-corrected chi connectivity index (χ1v) is 9.99. The van der Waals surface area contributed by atoms with Crippen molar-refractivity contribution >= 4 is 23.2 Å². The molecule has 0 aliphatic heterocycles. The van der Waals surface area contributed by atoms with Gasteiger partial charge in [-0.1, -0.05) is 41.9 Å². The van der Waals surface area contributed by atoms with Crippen LogP contribution in [-0.4, -0.2) is 15.7 Å². The lowest BCUT2D eigenvalue weighted by Crippen LogP contribution is -2.12. The number of aromatic nitrogens is 2. The summed E-state index contributed by atoms with van der Waals surface area (Å²) in [5, 5.41) is 7.65. The summed E-state index contributed by atoms with van der Waals surface area (Å²) in [7, 11) is 0. The van der Waals surface area contributed by atoms with Crippen molar-refractivity contribution in [3.05, 3.63) is 113 Å². The lowest BCUT2D eigenvalue weighted by atomic mass is 10.1. The van der Waals surface area contributed by atoms with Gasteiger partial charge in [-0.05, 0) is 48.0 Å². The summed E-state index contributed by atoms with van der Waals surface area (Å²) in [6.07, 6.45) is 3.20. The largest absolute Gasteiger partial charge is 0.489 e. The van der Waals surface area contributed by atoms with E-state index < -0.39 is 0 Å². The van der Waals surface area contributed by atoms with Crippen molar-refractivity contribution in [2.24, 2.45) is 0 Å². The van der Waals surface area contributed by atoms with Gasteiger partial charge in [0.2, 0.25) is 0 Å². The lowest BCUT2D eigenvalue weighted by molar-refractivity contribution is 0.102. The van der Waals surface area contributed by atoms with Gasteiger partial charge in [-0.25, -0.2) is 4.39 Å². The molecule has 3 aromatic carbocycles. The van der Waals surface area contributed by atoms with E-state index >= 15 is 0 Å². The summed E-state index contributed by atoms with van der Waals surface area (Å²) in [5.41, 5.74) is 2.41. The fourth-order valence-electron chi connectivity index (χ4n) is 3.02. The van der Waals surface area contributed by atoms with Gasteiger partial charge in [-0.3, -0.25) is 9.48 Å². The van der Waals surface area contributed by atoms with Crippen molar-refractivity contribution in [1.82, 2.24) is 9.78 Å². The van der Waals surface area contributed by atoms with E-state index in [1.54, 1.807) is 71.5 Å². The normalized spacial score (nSPS) is 10.6. The Labute approximate surface area is 184 Å². The quantitative estimate of drug-likeness (QED) is 0.413. The third-order valence-corrected chi connectivity index (χ3v) is 4.84. The molecule has 1 aromatic heterocycles. The second kappa shape index (κ2) is 9.45. The summed E-state index contributed by atoms with van der Waals surface area (Å²) < 4.78 is 21.1. The van der Waals surface area contributed by atoms with Crippen LogP contribution in [0.5, 0.6) is 5.75 Å². The molecule has 1 N–H and O–H groups in total. The highest BCUT2D eigenvalue weighted by Gasteiger charge is 2.10. The number of hydrogen-bond donors (Lipinski definition) is 1. The lowest BCUT2D eigenvalue weighted by Gasteiger charge is -2.08. The van der Waals surface area contributed by atoms with E-state index in [0.29, 0.717) is 34.2 Å². The van der Waals surface area contributed by atoms with Gasteiger partial charge in [-0.15, -0.1) is 0 Å². The average molecular weight is 436 g/mol. The van der Waals surface area contributed by atoms with Crippen molar-refractivity contribution in [2.45, 2.75) is 13.2 Å². The summed E-state index contributed by atoms with van der Waals surface area (Å²) in [5.74, 6) is 0.140. The van der Waals surface area contributed by atoms with Gasteiger partial charge in [-0.2, -0.15) is 5.10 Å². The van der Waals surface area contributed by atoms with E-state index in [0.717, 1.165) is 5.56 Å². The van der Waals surface area contributed by atoms with Crippen molar-refractivity contribution in [2.75, 3.05) is 5.32 Å². The van der Waals surface area contributed by atoms with Crippen LogP contribution in [0.1, 0.15) is 21.5 Å². The maximum Gasteiger partial charge on any atom is 0.255 e. The third-order valence-electron chi connectivity index (χ3n) is 4.59. The molecule has 0 aliphatic carbocycles. The van der Waals surface area contributed by atoms with Gasteiger partial charge >= 0.3 is 0 Å². The number of benzene rings is 3. The highest BCUT2D eigenvalue weighted by Crippen LogP contribution is 2.18.